The minimum Gasteiger partial charge on any atom is -0.399 e. The van der Waals surface area contributed by atoms with Gasteiger partial charge in [-0.05, 0) is 31.2 Å². The molecule has 0 radical (unpaired) electrons. The van der Waals surface area contributed by atoms with Crippen LogP contribution in [0.1, 0.15) is 6.92 Å². The molecule has 0 unspecified atom stereocenters. The van der Waals surface area contributed by atoms with Gasteiger partial charge in [0.15, 0.2) is 11.6 Å². The molecule has 1 saturated heterocycles. The molecule has 0 saturated carbocycles. The quantitative estimate of drug-likeness (QED) is 0.724. The van der Waals surface area contributed by atoms with Gasteiger partial charge in [-0.2, -0.15) is 5.10 Å². The van der Waals surface area contributed by atoms with Gasteiger partial charge >= 0.3 is 0 Å². The second-order valence-corrected chi connectivity index (χ2v) is 6.11. The number of nitrogens with zero attached hydrogens (tertiary/aromatic N) is 5. The number of hydrogen-bond donors (Lipinski definition) is 1. The maximum absolute atomic E-state index is 5.79. The van der Waals surface area contributed by atoms with E-state index < -0.39 is 0 Å². The van der Waals surface area contributed by atoms with Gasteiger partial charge in [0.25, 0.3) is 0 Å². The molecule has 7 heteroatoms. The van der Waals surface area contributed by atoms with Crippen LogP contribution >= 0.6 is 0 Å². The largest absolute Gasteiger partial charge is 0.399 e. The maximum Gasteiger partial charge on any atom is 0.162 e. The summed E-state index contributed by atoms with van der Waals surface area (Å²) >= 11 is 0. The summed E-state index contributed by atoms with van der Waals surface area (Å²) in [7, 11) is 1.92. The zero-order valence-electron chi connectivity index (χ0n) is 13.8. The van der Waals surface area contributed by atoms with Crippen LogP contribution in [0.25, 0.3) is 22.4 Å². The molecular weight excluding hydrogens is 304 g/mol. The molecule has 0 spiro atoms. The van der Waals surface area contributed by atoms with E-state index in [-0.39, 0.29) is 6.04 Å². The number of rotatable bonds is 2. The van der Waals surface area contributed by atoms with Gasteiger partial charge in [-0.25, -0.2) is 9.97 Å². The summed E-state index contributed by atoms with van der Waals surface area (Å²) in [6.45, 7) is 4.34. The van der Waals surface area contributed by atoms with E-state index in [1.807, 2.05) is 36.0 Å². The van der Waals surface area contributed by atoms with Crippen LogP contribution in [0, 0.1) is 0 Å². The van der Waals surface area contributed by atoms with Gasteiger partial charge in [0.1, 0.15) is 11.0 Å². The molecule has 4 rings (SSSR count). The lowest BCUT2D eigenvalue weighted by atomic mass is 10.2. The summed E-state index contributed by atoms with van der Waals surface area (Å²) in [6.07, 6.45) is 1.78. The van der Waals surface area contributed by atoms with Gasteiger partial charge < -0.3 is 15.4 Å². The van der Waals surface area contributed by atoms with Crippen molar-refractivity contribution >= 4 is 22.5 Å². The predicted octanol–water partition coefficient (Wildman–Crippen LogP) is 1.84. The average Bonchev–Trinajstić information content (AvgIpc) is 2.97. The summed E-state index contributed by atoms with van der Waals surface area (Å²) in [5.41, 5.74) is 9.24. The summed E-state index contributed by atoms with van der Waals surface area (Å²) in [6, 6.07) is 7.87. The fourth-order valence-electron chi connectivity index (χ4n) is 3.06. The van der Waals surface area contributed by atoms with Crippen LogP contribution in [-0.2, 0) is 11.8 Å². The number of nitrogens with two attached hydrogens (primary N) is 1. The number of aromatic nitrogens is 4. The fraction of sp³-hybridized carbons (Fsp3) is 0.353. The van der Waals surface area contributed by atoms with Crippen molar-refractivity contribution < 1.29 is 4.74 Å². The number of nitrogen functional groups attached to an aromatic ring is 1. The highest BCUT2D eigenvalue weighted by Gasteiger charge is 2.25. The van der Waals surface area contributed by atoms with Crippen LogP contribution in [0.3, 0.4) is 0 Å². The highest BCUT2D eigenvalue weighted by Crippen LogP contribution is 2.29. The second kappa shape index (κ2) is 5.76. The first-order chi connectivity index (χ1) is 11.6. The minimum atomic E-state index is 0.256. The van der Waals surface area contributed by atoms with Crippen LogP contribution in [0.15, 0.2) is 30.5 Å². The van der Waals surface area contributed by atoms with Crippen molar-refractivity contribution in [1.82, 2.24) is 19.7 Å². The standard InChI is InChI=1S/C17H20N6O/c1-11-10-24-8-7-23(11)17-15-14(9-19-22(15)2)20-16(21-17)12-3-5-13(18)6-4-12/h3-6,9,11H,7-8,10,18H2,1-2H3/t11-/m0/s1. The van der Waals surface area contributed by atoms with E-state index in [0.717, 1.165) is 34.6 Å². The van der Waals surface area contributed by atoms with E-state index in [9.17, 15) is 0 Å². The molecule has 7 nitrogen and oxygen atoms in total. The van der Waals surface area contributed by atoms with Crippen molar-refractivity contribution in [3.63, 3.8) is 0 Å². The Balaban J connectivity index is 1.89. The number of hydrogen-bond acceptors (Lipinski definition) is 6. The molecule has 0 aliphatic carbocycles. The third kappa shape index (κ3) is 2.46. The molecule has 24 heavy (non-hydrogen) atoms. The molecule has 3 aromatic rings. The van der Waals surface area contributed by atoms with Gasteiger partial charge in [-0.1, -0.05) is 0 Å². The lowest BCUT2D eigenvalue weighted by Crippen LogP contribution is -2.44. The number of ether oxygens (including phenoxy) is 1. The van der Waals surface area contributed by atoms with E-state index in [4.69, 9.17) is 15.5 Å². The normalized spacial score (nSPS) is 18.2. The van der Waals surface area contributed by atoms with Gasteiger partial charge in [0.05, 0.1) is 25.5 Å². The molecule has 1 fully saturated rings. The molecule has 1 aliphatic heterocycles. The third-order valence-corrected chi connectivity index (χ3v) is 4.38. The Hall–Kier alpha value is -2.67. The average molecular weight is 324 g/mol. The number of benzene rings is 1. The van der Waals surface area contributed by atoms with E-state index in [1.165, 1.54) is 0 Å². The first-order valence-electron chi connectivity index (χ1n) is 8.03. The van der Waals surface area contributed by atoms with E-state index in [1.54, 1.807) is 6.20 Å². The van der Waals surface area contributed by atoms with Gasteiger partial charge in [0.2, 0.25) is 0 Å². The van der Waals surface area contributed by atoms with Crippen LogP contribution < -0.4 is 10.6 Å². The summed E-state index contributed by atoms with van der Waals surface area (Å²) in [5, 5.41) is 4.36. The van der Waals surface area contributed by atoms with Crippen molar-refractivity contribution in [2.75, 3.05) is 30.4 Å². The minimum absolute atomic E-state index is 0.256. The van der Waals surface area contributed by atoms with Crippen LogP contribution in [0.2, 0.25) is 0 Å². The molecule has 124 valence electrons. The topological polar surface area (TPSA) is 82.1 Å². The Morgan fingerprint density at radius 1 is 1.21 bits per heavy atom. The zero-order chi connectivity index (χ0) is 16.7. The molecule has 1 aromatic carbocycles. The maximum atomic E-state index is 5.79. The van der Waals surface area contributed by atoms with Crippen molar-refractivity contribution in [2.45, 2.75) is 13.0 Å². The molecule has 2 N–H and O–H groups in total. The van der Waals surface area contributed by atoms with Crippen LogP contribution in [0.4, 0.5) is 11.5 Å². The number of fused-ring (bicyclic) bond motifs is 1. The summed E-state index contributed by atoms with van der Waals surface area (Å²) in [5.74, 6) is 1.59. The van der Waals surface area contributed by atoms with Gasteiger partial charge in [0, 0.05) is 24.8 Å². The Labute approximate surface area is 140 Å². The fourth-order valence-corrected chi connectivity index (χ4v) is 3.06. The number of morpholine rings is 1. The summed E-state index contributed by atoms with van der Waals surface area (Å²) < 4.78 is 7.40. The number of anilines is 2. The first-order valence-corrected chi connectivity index (χ1v) is 8.03. The van der Waals surface area contributed by atoms with Crippen LogP contribution in [-0.4, -0.2) is 45.5 Å². The van der Waals surface area contributed by atoms with Crippen molar-refractivity contribution in [3.05, 3.63) is 30.5 Å². The monoisotopic (exact) mass is 324 g/mol. The highest BCUT2D eigenvalue weighted by atomic mass is 16.5. The lowest BCUT2D eigenvalue weighted by Gasteiger charge is -2.34. The van der Waals surface area contributed by atoms with E-state index in [0.29, 0.717) is 19.0 Å². The van der Waals surface area contributed by atoms with E-state index >= 15 is 0 Å². The Morgan fingerprint density at radius 2 is 2.00 bits per heavy atom. The molecule has 3 heterocycles. The number of aryl methyl sites for hydroxylation is 1. The third-order valence-electron chi connectivity index (χ3n) is 4.38. The van der Waals surface area contributed by atoms with E-state index in [2.05, 4.69) is 21.9 Å². The molecule has 0 amide bonds. The molecule has 1 atom stereocenters. The predicted molar refractivity (Wildman–Crippen MR) is 93.8 cm³/mol. The van der Waals surface area contributed by atoms with Crippen molar-refractivity contribution in [1.29, 1.82) is 0 Å². The lowest BCUT2D eigenvalue weighted by molar-refractivity contribution is 0.0986. The Kier molecular flexibility index (Phi) is 3.57. The first kappa shape index (κ1) is 14.9. The molecular formula is C17H20N6O. The van der Waals surface area contributed by atoms with Crippen LogP contribution in [0.5, 0.6) is 0 Å². The molecule has 1 aliphatic rings. The smallest absolute Gasteiger partial charge is 0.162 e. The molecule has 0 bridgehead atoms. The highest BCUT2D eigenvalue weighted by molar-refractivity contribution is 5.88. The molecule has 2 aromatic heterocycles. The Morgan fingerprint density at radius 3 is 2.75 bits per heavy atom. The second-order valence-electron chi connectivity index (χ2n) is 6.11. The van der Waals surface area contributed by atoms with Crippen molar-refractivity contribution in [3.8, 4) is 11.4 Å². The zero-order valence-corrected chi connectivity index (χ0v) is 13.8. The van der Waals surface area contributed by atoms with Crippen molar-refractivity contribution in [2.24, 2.45) is 7.05 Å². The van der Waals surface area contributed by atoms with Gasteiger partial charge in [-0.15, -0.1) is 0 Å². The SMILES string of the molecule is C[C@H]1COCCN1c1nc(-c2ccc(N)cc2)nc2cnn(C)c12. The Bertz CT molecular complexity index is 873. The summed E-state index contributed by atoms with van der Waals surface area (Å²) in [4.78, 5) is 11.8. The van der Waals surface area contributed by atoms with Gasteiger partial charge in [-0.3, -0.25) is 4.68 Å².